The van der Waals surface area contributed by atoms with E-state index in [4.69, 9.17) is 18.9 Å². The Bertz CT molecular complexity index is 501. The van der Waals surface area contributed by atoms with Crippen LogP contribution in [0.4, 0.5) is 0 Å². The lowest BCUT2D eigenvalue weighted by molar-refractivity contribution is -0.248. The first kappa shape index (κ1) is 13.8. The number of rotatable bonds is 4. The summed E-state index contributed by atoms with van der Waals surface area (Å²) in [4.78, 5) is 0. The zero-order valence-corrected chi connectivity index (χ0v) is 11.8. The molecule has 0 aromatic heterocycles. The van der Waals surface area contributed by atoms with Gasteiger partial charge in [-0.15, -0.1) is 5.11 Å². The van der Waals surface area contributed by atoms with Crippen LogP contribution in [0.2, 0.25) is 0 Å². The maximum Gasteiger partial charge on any atom is 0.321 e. The summed E-state index contributed by atoms with van der Waals surface area (Å²) in [7, 11) is 4.68. The van der Waals surface area contributed by atoms with E-state index in [1.807, 2.05) is 13.8 Å². The van der Waals surface area contributed by atoms with Crippen LogP contribution in [0.3, 0.4) is 0 Å². The van der Waals surface area contributed by atoms with Crippen LogP contribution in [0, 0.1) is 0 Å². The van der Waals surface area contributed by atoms with Crippen molar-refractivity contribution in [2.75, 3.05) is 21.3 Å². The van der Waals surface area contributed by atoms with Crippen LogP contribution in [0.25, 0.3) is 0 Å². The van der Waals surface area contributed by atoms with Gasteiger partial charge in [0.05, 0.1) is 19.8 Å². The standard InChI is InChI=1S/C13H18N2O4/c1-12(2)14-15-13(18-5,19-12)10-8-9(16-3)6-7-11(10)17-4/h6-8H,1-5H3. The van der Waals surface area contributed by atoms with E-state index in [9.17, 15) is 0 Å². The van der Waals surface area contributed by atoms with E-state index in [0.29, 0.717) is 17.1 Å². The lowest BCUT2D eigenvalue weighted by Crippen LogP contribution is -2.33. The highest BCUT2D eigenvalue weighted by molar-refractivity contribution is 5.43. The van der Waals surface area contributed by atoms with Crippen LogP contribution in [-0.4, -0.2) is 27.1 Å². The molecule has 104 valence electrons. The number of hydrogen-bond donors (Lipinski definition) is 0. The summed E-state index contributed by atoms with van der Waals surface area (Å²) in [6, 6.07) is 5.34. The molecule has 19 heavy (non-hydrogen) atoms. The lowest BCUT2D eigenvalue weighted by Gasteiger charge is -2.27. The van der Waals surface area contributed by atoms with Gasteiger partial charge in [-0.25, -0.2) is 0 Å². The third kappa shape index (κ3) is 2.41. The Balaban J connectivity index is 2.52. The van der Waals surface area contributed by atoms with Gasteiger partial charge in [0.15, 0.2) is 5.72 Å². The van der Waals surface area contributed by atoms with Crippen LogP contribution in [0.5, 0.6) is 11.5 Å². The molecule has 0 aliphatic carbocycles. The molecule has 0 amide bonds. The highest BCUT2D eigenvalue weighted by Crippen LogP contribution is 2.44. The Morgan fingerprint density at radius 1 is 1.05 bits per heavy atom. The minimum atomic E-state index is -1.30. The van der Waals surface area contributed by atoms with Crippen molar-refractivity contribution in [2.24, 2.45) is 10.2 Å². The topological polar surface area (TPSA) is 61.6 Å². The fourth-order valence-electron chi connectivity index (χ4n) is 1.93. The molecular weight excluding hydrogens is 248 g/mol. The number of methoxy groups -OCH3 is 3. The molecule has 1 aromatic carbocycles. The quantitative estimate of drug-likeness (QED) is 0.840. The van der Waals surface area contributed by atoms with E-state index in [1.54, 1.807) is 32.4 Å². The summed E-state index contributed by atoms with van der Waals surface area (Å²) in [6.07, 6.45) is 0. The SMILES string of the molecule is COc1ccc(OC)c(C2(OC)N=NC(C)(C)O2)c1. The summed E-state index contributed by atoms with van der Waals surface area (Å²) < 4.78 is 21.8. The van der Waals surface area contributed by atoms with Gasteiger partial charge in [-0.2, -0.15) is 5.11 Å². The number of hydrogen-bond acceptors (Lipinski definition) is 6. The molecule has 1 aliphatic heterocycles. The molecule has 1 atom stereocenters. The second-order valence-corrected chi connectivity index (χ2v) is 4.60. The highest BCUT2D eigenvalue weighted by atomic mass is 16.7. The Kier molecular flexibility index (Phi) is 3.47. The first-order valence-electron chi connectivity index (χ1n) is 5.88. The van der Waals surface area contributed by atoms with Crippen molar-refractivity contribution in [1.82, 2.24) is 0 Å². The Morgan fingerprint density at radius 3 is 2.26 bits per heavy atom. The molecule has 0 N–H and O–H groups in total. The van der Waals surface area contributed by atoms with Crippen molar-refractivity contribution >= 4 is 0 Å². The molecule has 0 fully saturated rings. The summed E-state index contributed by atoms with van der Waals surface area (Å²) in [5, 5.41) is 8.22. The van der Waals surface area contributed by atoms with Crippen molar-refractivity contribution in [3.05, 3.63) is 23.8 Å². The van der Waals surface area contributed by atoms with E-state index < -0.39 is 11.6 Å². The smallest absolute Gasteiger partial charge is 0.321 e. The zero-order valence-electron chi connectivity index (χ0n) is 11.8. The highest BCUT2D eigenvalue weighted by Gasteiger charge is 2.47. The van der Waals surface area contributed by atoms with Gasteiger partial charge in [0, 0.05) is 7.11 Å². The van der Waals surface area contributed by atoms with Gasteiger partial charge in [0.25, 0.3) is 0 Å². The normalized spacial score (nSPS) is 24.5. The van der Waals surface area contributed by atoms with Crippen LogP contribution in [0.1, 0.15) is 19.4 Å². The lowest BCUT2D eigenvalue weighted by atomic mass is 10.1. The monoisotopic (exact) mass is 266 g/mol. The summed E-state index contributed by atoms with van der Waals surface area (Å²) in [6.45, 7) is 3.62. The van der Waals surface area contributed by atoms with Crippen molar-refractivity contribution in [3.8, 4) is 11.5 Å². The molecule has 2 rings (SSSR count). The molecule has 1 aromatic rings. The first-order valence-corrected chi connectivity index (χ1v) is 5.88. The van der Waals surface area contributed by atoms with Crippen LogP contribution in [0.15, 0.2) is 28.4 Å². The summed E-state index contributed by atoms with van der Waals surface area (Å²) in [5.41, 5.74) is -0.129. The van der Waals surface area contributed by atoms with Gasteiger partial charge in [0.2, 0.25) is 0 Å². The average Bonchev–Trinajstić information content (AvgIpc) is 2.74. The summed E-state index contributed by atoms with van der Waals surface area (Å²) in [5.74, 6) is -0.0429. The predicted molar refractivity (Wildman–Crippen MR) is 68.3 cm³/mol. The zero-order chi connectivity index (χ0) is 14.1. The largest absolute Gasteiger partial charge is 0.497 e. The molecule has 0 radical (unpaired) electrons. The van der Waals surface area contributed by atoms with E-state index >= 15 is 0 Å². The van der Waals surface area contributed by atoms with Crippen molar-refractivity contribution in [1.29, 1.82) is 0 Å². The molecule has 0 saturated heterocycles. The fraction of sp³-hybridized carbons (Fsp3) is 0.538. The van der Waals surface area contributed by atoms with Gasteiger partial charge >= 0.3 is 5.91 Å². The molecule has 1 heterocycles. The molecule has 0 spiro atoms. The van der Waals surface area contributed by atoms with Gasteiger partial charge < -0.3 is 14.2 Å². The molecule has 6 nitrogen and oxygen atoms in total. The molecular formula is C13H18N2O4. The minimum Gasteiger partial charge on any atom is -0.497 e. The van der Waals surface area contributed by atoms with E-state index in [1.165, 1.54) is 7.11 Å². The molecule has 0 bridgehead atoms. The molecule has 1 unspecified atom stereocenters. The van der Waals surface area contributed by atoms with Crippen LogP contribution >= 0.6 is 0 Å². The minimum absolute atomic E-state index is 0.597. The van der Waals surface area contributed by atoms with E-state index in [-0.39, 0.29) is 0 Å². The van der Waals surface area contributed by atoms with Crippen molar-refractivity contribution in [3.63, 3.8) is 0 Å². The van der Waals surface area contributed by atoms with E-state index in [0.717, 1.165) is 0 Å². The predicted octanol–water partition coefficient (Wildman–Crippen LogP) is 2.68. The summed E-state index contributed by atoms with van der Waals surface area (Å²) >= 11 is 0. The Morgan fingerprint density at radius 2 is 1.79 bits per heavy atom. The molecule has 6 heteroatoms. The maximum absolute atomic E-state index is 5.82. The second kappa shape index (κ2) is 4.79. The van der Waals surface area contributed by atoms with E-state index in [2.05, 4.69) is 10.2 Å². The van der Waals surface area contributed by atoms with Crippen LogP contribution in [-0.2, 0) is 15.4 Å². The number of azo groups is 1. The van der Waals surface area contributed by atoms with Crippen molar-refractivity contribution < 1.29 is 18.9 Å². The average molecular weight is 266 g/mol. The van der Waals surface area contributed by atoms with Crippen molar-refractivity contribution in [2.45, 2.75) is 25.5 Å². The Hall–Kier alpha value is -1.66. The number of benzene rings is 1. The van der Waals surface area contributed by atoms with Gasteiger partial charge in [-0.05, 0) is 32.0 Å². The molecule has 1 aliphatic rings. The fourth-order valence-corrected chi connectivity index (χ4v) is 1.93. The van der Waals surface area contributed by atoms with Gasteiger partial charge in [0.1, 0.15) is 11.5 Å². The Labute approximate surface area is 112 Å². The number of ether oxygens (including phenoxy) is 4. The van der Waals surface area contributed by atoms with Crippen LogP contribution < -0.4 is 9.47 Å². The maximum atomic E-state index is 5.82. The first-order chi connectivity index (χ1) is 8.96. The molecule has 0 saturated carbocycles. The van der Waals surface area contributed by atoms with Gasteiger partial charge in [-0.3, -0.25) is 4.74 Å². The third-order valence-corrected chi connectivity index (χ3v) is 2.83. The van der Waals surface area contributed by atoms with Gasteiger partial charge in [-0.1, -0.05) is 0 Å². The number of nitrogens with zero attached hydrogens (tertiary/aromatic N) is 2. The third-order valence-electron chi connectivity index (χ3n) is 2.83. The second-order valence-electron chi connectivity index (χ2n) is 4.60.